The maximum Gasteiger partial charge on any atom is 0.217 e. The van der Waals surface area contributed by atoms with E-state index in [1.54, 1.807) is 6.20 Å². The Morgan fingerprint density at radius 3 is 3.31 bits per heavy atom. The summed E-state index contributed by atoms with van der Waals surface area (Å²) in [5, 5.41) is 10.6. The smallest absolute Gasteiger partial charge is 0.217 e. The molecule has 0 bridgehead atoms. The first-order chi connectivity index (χ1) is 7.77. The Morgan fingerprint density at radius 2 is 2.50 bits per heavy atom. The molecule has 0 aliphatic rings. The van der Waals surface area contributed by atoms with Crippen molar-refractivity contribution in [3.05, 3.63) is 30.1 Å². The van der Waals surface area contributed by atoms with E-state index in [9.17, 15) is 4.79 Å². The molecule has 2 aromatic rings. The number of nitrogens with zero attached hydrogens (tertiary/aromatic N) is 2. The highest BCUT2D eigenvalue weighted by atomic mass is 16.1. The average Bonchev–Trinajstić information content (AvgIpc) is 2.68. The number of hydrogen-bond acceptors (Lipinski definition) is 3. The first-order valence-corrected chi connectivity index (χ1v) is 4.97. The zero-order valence-corrected chi connectivity index (χ0v) is 8.90. The van der Waals surface area contributed by atoms with Gasteiger partial charge in [-0.2, -0.15) is 5.10 Å². The van der Waals surface area contributed by atoms with Crippen LogP contribution in [0.1, 0.15) is 12.6 Å². The predicted molar refractivity (Wildman–Crippen MR) is 61.6 cm³/mol. The normalized spacial score (nSPS) is 11.1. The Bertz CT molecular complexity index is 530. The van der Waals surface area contributed by atoms with E-state index in [1.807, 2.05) is 24.3 Å². The van der Waals surface area contributed by atoms with Crippen molar-refractivity contribution in [2.75, 3.05) is 6.54 Å². The fourth-order valence-electron chi connectivity index (χ4n) is 1.38. The molecule has 5 heteroatoms. The Labute approximate surface area is 92.6 Å². The number of pyridine rings is 1. The maximum atomic E-state index is 10.6. The van der Waals surface area contributed by atoms with Crippen LogP contribution in [0.3, 0.4) is 0 Å². The minimum absolute atomic E-state index is 0.0409. The van der Waals surface area contributed by atoms with Crippen molar-refractivity contribution in [1.29, 1.82) is 0 Å². The molecule has 0 saturated carbocycles. The fraction of sp³-hybridized carbons (Fsp3) is 0.182. The highest BCUT2D eigenvalue weighted by molar-refractivity contribution is 5.83. The molecule has 0 radical (unpaired) electrons. The van der Waals surface area contributed by atoms with Crippen molar-refractivity contribution in [1.82, 2.24) is 20.5 Å². The highest BCUT2D eigenvalue weighted by Crippen LogP contribution is 2.13. The largest absolute Gasteiger partial charge is 0.353 e. The molecule has 0 aliphatic heterocycles. The van der Waals surface area contributed by atoms with Gasteiger partial charge in [-0.05, 0) is 18.2 Å². The van der Waals surface area contributed by atoms with E-state index in [4.69, 9.17) is 0 Å². The van der Waals surface area contributed by atoms with Crippen molar-refractivity contribution < 1.29 is 4.79 Å². The van der Waals surface area contributed by atoms with Gasteiger partial charge in [0.15, 0.2) is 5.65 Å². The van der Waals surface area contributed by atoms with Crippen molar-refractivity contribution in [3.63, 3.8) is 0 Å². The Morgan fingerprint density at radius 1 is 1.62 bits per heavy atom. The van der Waals surface area contributed by atoms with Crippen LogP contribution in [0.5, 0.6) is 0 Å². The molecule has 2 rings (SSSR count). The molecule has 2 N–H and O–H groups in total. The molecule has 0 spiro atoms. The van der Waals surface area contributed by atoms with E-state index < -0.39 is 0 Å². The minimum Gasteiger partial charge on any atom is -0.353 e. The number of aromatic nitrogens is 3. The van der Waals surface area contributed by atoms with E-state index in [0.29, 0.717) is 12.2 Å². The first kappa shape index (κ1) is 10.4. The summed E-state index contributed by atoms with van der Waals surface area (Å²) in [5.41, 5.74) is 1.59. The quantitative estimate of drug-likeness (QED) is 0.807. The van der Waals surface area contributed by atoms with Crippen LogP contribution < -0.4 is 5.32 Å². The molecule has 0 aromatic carbocycles. The third-order valence-electron chi connectivity index (χ3n) is 2.11. The summed E-state index contributed by atoms with van der Waals surface area (Å²) in [6.45, 7) is 2.00. The topological polar surface area (TPSA) is 70.7 Å². The number of fused-ring (bicyclic) bond motifs is 1. The third kappa shape index (κ3) is 2.25. The van der Waals surface area contributed by atoms with Crippen LogP contribution in [0.25, 0.3) is 17.1 Å². The van der Waals surface area contributed by atoms with Gasteiger partial charge in [0.05, 0.1) is 5.69 Å². The summed E-state index contributed by atoms with van der Waals surface area (Å²) in [6.07, 6.45) is 5.45. The minimum atomic E-state index is -0.0409. The zero-order valence-electron chi connectivity index (χ0n) is 8.90. The first-order valence-electron chi connectivity index (χ1n) is 4.97. The van der Waals surface area contributed by atoms with Crippen molar-refractivity contribution >= 4 is 23.0 Å². The lowest BCUT2D eigenvalue weighted by molar-refractivity contribution is -0.118. The van der Waals surface area contributed by atoms with Gasteiger partial charge >= 0.3 is 0 Å². The summed E-state index contributed by atoms with van der Waals surface area (Å²) in [5.74, 6) is -0.0409. The molecule has 1 amide bonds. The third-order valence-corrected chi connectivity index (χ3v) is 2.11. The Balaban J connectivity index is 2.12. The van der Waals surface area contributed by atoms with Gasteiger partial charge in [-0.3, -0.25) is 9.89 Å². The molecule has 16 heavy (non-hydrogen) atoms. The van der Waals surface area contributed by atoms with Crippen LogP contribution in [0.15, 0.2) is 24.4 Å². The fourth-order valence-corrected chi connectivity index (χ4v) is 1.38. The van der Waals surface area contributed by atoms with Crippen LogP contribution in [0.4, 0.5) is 0 Å². The van der Waals surface area contributed by atoms with Crippen LogP contribution in [0, 0.1) is 0 Å². The molecule has 2 aromatic heterocycles. The molecular weight excluding hydrogens is 204 g/mol. The highest BCUT2D eigenvalue weighted by Gasteiger charge is 2.00. The molecule has 0 aliphatic carbocycles. The number of carbonyl (C=O) groups excluding carboxylic acids is 1. The van der Waals surface area contributed by atoms with Gasteiger partial charge in [-0.15, -0.1) is 0 Å². The van der Waals surface area contributed by atoms with Gasteiger partial charge < -0.3 is 5.32 Å². The van der Waals surface area contributed by atoms with E-state index in [1.165, 1.54) is 6.92 Å². The Kier molecular flexibility index (Phi) is 2.95. The summed E-state index contributed by atoms with van der Waals surface area (Å²) in [6, 6.07) is 3.81. The number of aromatic amines is 1. The zero-order chi connectivity index (χ0) is 11.4. The summed E-state index contributed by atoms with van der Waals surface area (Å²) in [4.78, 5) is 14.8. The average molecular weight is 216 g/mol. The molecule has 0 saturated heterocycles. The molecule has 2 heterocycles. The Hall–Kier alpha value is -2.17. The van der Waals surface area contributed by atoms with Gasteiger partial charge in [0.2, 0.25) is 5.91 Å². The second-order valence-corrected chi connectivity index (χ2v) is 3.35. The van der Waals surface area contributed by atoms with E-state index in [-0.39, 0.29) is 5.91 Å². The van der Waals surface area contributed by atoms with Gasteiger partial charge in [-0.1, -0.05) is 6.08 Å². The molecule has 82 valence electrons. The standard InChI is InChI=1S/C11H12N4O/c1-8(16)12-6-3-5-10-9-4-2-7-13-11(9)15-14-10/h2-5,7H,6H2,1H3,(H,12,16)(H,13,14,15). The predicted octanol–water partition coefficient (Wildman–Crippen LogP) is 1.11. The number of H-pyrrole nitrogens is 1. The second kappa shape index (κ2) is 4.57. The van der Waals surface area contributed by atoms with Crippen LogP contribution in [-0.4, -0.2) is 27.6 Å². The SMILES string of the molecule is CC(=O)NCC=Cc1[nH]nc2ncccc12. The maximum absolute atomic E-state index is 10.6. The summed E-state index contributed by atoms with van der Waals surface area (Å²) in [7, 11) is 0. The number of nitrogens with one attached hydrogen (secondary N) is 2. The van der Waals surface area contributed by atoms with Gasteiger partial charge in [0, 0.05) is 25.1 Å². The van der Waals surface area contributed by atoms with Crippen LogP contribution in [0.2, 0.25) is 0 Å². The second-order valence-electron chi connectivity index (χ2n) is 3.35. The van der Waals surface area contributed by atoms with Crippen LogP contribution in [-0.2, 0) is 4.79 Å². The van der Waals surface area contributed by atoms with Gasteiger partial charge in [0.1, 0.15) is 0 Å². The van der Waals surface area contributed by atoms with Crippen LogP contribution >= 0.6 is 0 Å². The van der Waals surface area contributed by atoms with Gasteiger partial charge in [0.25, 0.3) is 0 Å². The molecule has 0 fully saturated rings. The number of rotatable bonds is 3. The number of amides is 1. The lowest BCUT2D eigenvalue weighted by Crippen LogP contribution is -2.19. The molecule has 0 atom stereocenters. The summed E-state index contributed by atoms with van der Waals surface area (Å²) >= 11 is 0. The molecular formula is C11H12N4O. The van der Waals surface area contributed by atoms with Gasteiger partial charge in [-0.25, -0.2) is 4.98 Å². The number of carbonyl (C=O) groups is 1. The molecule has 5 nitrogen and oxygen atoms in total. The lowest BCUT2D eigenvalue weighted by Gasteiger charge is -1.94. The van der Waals surface area contributed by atoms with Crippen molar-refractivity contribution in [3.8, 4) is 0 Å². The monoisotopic (exact) mass is 216 g/mol. The summed E-state index contributed by atoms with van der Waals surface area (Å²) < 4.78 is 0. The molecule has 0 unspecified atom stereocenters. The van der Waals surface area contributed by atoms with E-state index >= 15 is 0 Å². The lowest BCUT2D eigenvalue weighted by atomic mass is 10.2. The van der Waals surface area contributed by atoms with E-state index in [0.717, 1.165) is 11.1 Å². The number of hydrogen-bond donors (Lipinski definition) is 2. The van der Waals surface area contributed by atoms with E-state index in [2.05, 4.69) is 20.5 Å². The van der Waals surface area contributed by atoms with Crippen molar-refractivity contribution in [2.24, 2.45) is 0 Å². The van der Waals surface area contributed by atoms with Crippen molar-refractivity contribution in [2.45, 2.75) is 6.92 Å².